The first-order chi connectivity index (χ1) is 10.3. The zero-order chi connectivity index (χ0) is 14.5. The fourth-order valence-electron chi connectivity index (χ4n) is 2.52. The van der Waals surface area contributed by atoms with Crippen molar-refractivity contribution in [3.63, 3.8) is 0 Å². The van der Waals surface area contributed by atoms with E-state index in [0.717, 1.165) is 30.5 Å². The molecule has 0 N–H and O–H groups in total. The van der Waals surface area contributed by atoms with Crippen molar-refractivity contribution in [1.29, 1.82) is 0 Å². The molecule has 106 valence electrons. The number of benzene rings is 1. The Kier molecular flexibility index (Phi) is 4.05. The maximum absolute atomic E-state index is 12.7. The zero-order valence-corrected chi connectivity index (χ0v) is 11.8. The third kappa shape index (κ3) is 3.16. The van der Waals surface area contributed by atoms with Gasteiger partial charge in [0, 0.05) is 11.9 Å². The molecule has 1 aliphatic carbocycles. The second-order valence-electron chi connectivity index (χ2n) is 5.06. The van der Waals surface area contributed by atoms with Crippen molar-refractivity contribution in [2.24, 2.45) is 0 Å². The predicted molar refractivity (Wildman–Crippen MR) is 80.3 cm³/mol. The number of amides is 1. The summed E-state index contributed by atoms with van der Waals surface area (Å²) in [6.45, 7) is 0.579. The second-order valence-corrected chi connectivity index (χ2v) is 5.06. The molecule has 0 fully saturated rings. The van der Waals surface area contributed by atoms with E-state index in [2.05, 4.69) is 16.0 Å². The number of carbonyl (C=O) groups excluding carboxylic acids is 1. The molecule has 4 nitrogen and oxygen atoms in total. The summed E-state index contributed by atoms with van der Waals surface area (Å²) in [7, 11) is 0. The van der Waals surface area contributed by atoms with Gasteiger partial charge in [0.1, 0.15) is 12.0 Å². The monoisotopic (exact) mass is 279 g/mol. The molecule has 1 amide bonds. The van der Waals surface area contributed by atoms with E-state index in [-0.39, 0.29) is 5.91 Å². The highest BCUT2D eigenvalue weighted by molar-refractivity contribution is 5.93. The lowest BCUT2D eigenvalue weighted by molar-refractivity contribution is 0.0786. The molecule has 0 spiro atoms. The van der Waals surface area contributed by atoms with Gasteiger partial charge in [-0.25, -0.2) is 9.97 Å². The fourth-order valence-corrected chi connectivity index (χ4v) is 2.52. The lowest BCUT2D eigenvalue weighted by atomic mass is 10.2. The van der Waals surface area contributed by atoms with Crippen molar-refractivity contribution >= 4 is 5.91 Å². The van der Waals surface area contributed by atoms with Crippen LogP contribution in [0.3, 0.4) is 0 Å². The highest BCUT2D eigenvalue weighted by Gasteiger charge is 2.22. The standard InChI is InChI=1S/C17H17N3O/c21-17(16-10-11-18-13-19-16)20(15-8-4-5-9-15)12-14-6-2-1-3-7-14/h1-3,6-8,10-11,13H,4-5,9,12H2. The van der Waals surface area contributed by atoms with Gasteiger partial charge in [0.25, 0.3) is 5.91 Å². The molecular weight excluding hydrogens is 262 g/mol. The lowest BCUT2D eigenvalue weighted by Gasteiger charge is -2.23. The van der Waals surface area contributed by atoms with Gasteiger partial charge in [0.2, 0.25) is 0 Å². The van der Waals surface area contributed by atoms with Gasteiger partial charge in [0.05, 0.1) is 6.54 Å². The Balaban J connectivity index is 1.87. The SMILES string of the molecule is O=C(c1ccncn1)N(Cc1ccccc1)C1=CCCC1. The fraction of sp³-hybridized carbons (Fsp3) is 0.235. The maximum Gasteiger partial charge on any atom is 0.277 e. The van der Waals surface area contributed by atoms with Gasteiger partial charge in [-0.2, -0.15) is 0 Å². The van der Waals surface area contributed by atoms with Gasteiger partial charge in [-0.05, 0) is 30.9 Å². The maximum atomic E-state index is 12.7. The van der Waals surface area contributed by atoms with E-state index in [1.165, 1.54) is 6.33 Å². The summed E-state index contributed by atoms with van der Waals surface area (Å²) in [6, 6.07) is 11.7. The Morgan fingerprint density at radius 1 is 1.19 bits per heavy atom. The van der Waals surface area contributed by atoms with E-state index in [0.29, 0.717) is 12.2 Å². The molecule has 1 aromatic heterocycles. The Morgan fingerprint density at radius 3 is 2.71 bits per heavy atom. The summed E-state index contributed by atoms with van der Waals surface area (Å²) in [5.74, 6) is -0.0607. The Morgan fingerprint density at radius 2 is 2.05 bits per heavy atom. The van der Waals surface area contributed by atoms with Crippen LogP contribution in [0.1, 0.15) is 35.3 Å². The molecule has 3 rings (SSSR count). The van der Waals surface area contributed by atoms with Crippen molar-refractivity contribution in [3.8, 4) is 0 Å². The number of hydrogen-bond donors (Lipinski definition) is 0. The highest BCUT2D eigenvalue weighted by atomic mass is 16.2. The molecule has 0 unspecified atom stereocenters. The molecule has 1 aliphatic rings. The first kappa shape index (κ1) is 13.5. The Labute approximate surface area is 124 Å². The minimum Gasteiger partial charge on any atom is -0.307 e. The van der Waals surface area contributed by atoms with Gasteiger partial charge in [-0.15, -0.1) is 0 Å². The topological polar surface area (TPSA) is 46.1 Å². The normalized spacial score (nSPS) is 13.8. The van der Waals surface area contributed by atoms with Crippen molar-refractivity contribution in [1.82, 2.24) is 14.9 Å². The largest absolute Gasteiger partial charge is 0.307 e. The van der Waals surface area contributed by atoms with Crippen LogP contribution in [0.5, 0.6) is 0 Å². The molecule has 1 heterocycles. The summed E-state index contributed by atoms with van der Waals surface area (Å²) >= 11 is 0. The van der Waals surface area contributed by atoms with Crippen LogP contribution in [0.4, 0.5) is 0 Å². The summed E-state index contributed by atoms with van der Waals surface area (Å²) in [4.78, 5) is 22.5. The van der Waals surface area contributed by atoms with E-state index in [1.807, 2.05) is 35.2 Å². The predicted octanol–water partition coefficient (Wildman–Crippen LogP) is 3.19. The smallest absolute Gasteiger partial charge is 0.277 e. The van der Waals surface area contributed by atoms with Crippen molar-refractivity contribution in [3.05, 3.63) is 72.0 Å². The number of hydrogen-bond acceptors (Lipinski definition) is 3. The highest BCUT2D eigenvalue weighted by Crippen LogP contribution is 2.24. The average Bonchev–Trinajstić information content (AvgIpc) is 3.08. The minimum atomic E-state index is -0.0607. The van der Waals surface area contributed by atoms with Crippen LogP contribution >= 0.6 is 0 Å². The van der Waals surface area contributed by atoms with Gasteiger partial charge in [0.15, 0.2) is 0 Å². The summed E-state index contributed by atoms with van der Waals surface area (Å²) in [5, 5.41) is 0. The van der Waals surface area contributed by atoms with Gasteiger partial charge in [-0.1, -0.05) is 36.4 Å². The minimum absolute atomic E-state index is 0.0607. The molecule has 0 aliphatic heterocycles. The number of nitrogens with zero attached hydrogens (tertiary/aromatic N) is 3. The van der Waals surface area contributed by atoms with Crippen LogP contribution in [0.25, 0.3) is 0 Å². The van der Waals surface area contributed by atoms with Crippen molar-refractivity contribution in [2.45, 2.75) is 25.8 Å². The van der Waals surface area contributed by atoms with Crippen LogP contribution < -0.4 is 0 Å². The molecular formula is C17H17N3O. The number of carbonyl (C=O) groups is 1. The van der Waals surface area contributed by atoms with Crippen LogP contribution in [0.2, 0.25) is 0 Å². The number of rotatable bonds is 4. The summed E-state index contributed by atoms with van der Waals surface area (Å²) < 4.78 is 0. The van der Waals surface area contributed by atoms with Crippen LogP contribution in [-0.4, -0.2) is 20.8 Å². The molecule has 0 atom stereocenters. The van der Waals surface area contributed by atoms with E-state index in [9.17, 15) is 4.79 Å². The first-order valence-corrected chi connectivity index (χ1v) is 7.15. The Hall–Kier alpha value is -2.49. The molecule has 2 aromatic rings. The van der Waals surface area contributed by atoms with Crippen LogP contribution in [-0.2, 0) is 6.54 Å². The molecule has 4 heteroatoms. The van der Waals surface area contributed by atoms with Crippen LogP contribution in [0.15, 0.2) is 60.7 Å². The van der Waals surface area contributed by atoms with E-state index in [1.54, 1.807) is 12.3 Å². The zero-order valence-electron chi connectivity index (χ0n) is 11.8. The molecule has 0 saturated carbocycles. The van der Waals surface area contributed by atoms with Crippen LogP contribution in [0, 0.1) is 0 Å². The quantitative estimate of drug-likeness (QED) is 0.863. The summed E-state index contributed by atoms with van der Waals surface area (Å²) in [6.07, 6.45) is 8.27. The van der Waals surface area contributed by atoms with Crippen molar-refractivity contribution < 1.29 is 4.79 Å². The molecule has 0 radical (unpaired) electrons. The first-order valence-electron chi connectivity index (χ1n) is 7.15. The molecule has 1 aromatic carbocycles. The van der Waals surface area contributed by atoms with E-state index in [4.69, 9.17) is 0 Å². The molecule has 21 heavy (non-hydrogen) atoms. The van der Waals surface area contributed by atoms with E-state index < -0.39 is 0 Å². The number of aromatic nitrogens is 2. The second kappa shape index (κ2) is 6.31. The average molecular weight is 279 g/mol. The third-order valence-corrected chi connectivity index (χ3v) is 3.59. The van der Waals surface area contributed by atoms with E-state index >= 15 is 0 Å². The van der Waals surface area contributed by atoms with Crippen molar-refractivity contribution in [2.75, 3.05) is 0 Å². The molecule has 0 bridgehead atoms. The number of allylic oxidation sites excluding steroid dienone is 2. The lowest BCUT2D eigenvalue weighted by Crippen LogP contribution is -2.30. The third-order valence-electron chi connectivity index (χ3n) is 3.59. The molecule has 0 saturated heterocycles. The summed E-state index contributed by atoms with van der Waals surface area (Å²) in [5.41, 5.74) is 2.66. The van der Waals surface area contributed by atoms with Gasteiger partial charge >= 0.3 is 0 Å². The Bertz CT molecular complexity index is 638. The van der Waals surface area contributed by atoms with Gasteiger partial charge < -0.3 is 4.90 Å². The van der Waals surface area contributed by atoms with Gasteiger partial charge in [-0.3, -0.25) is 4.79 Å².